The van der Waals surface area contributed by atoms with Crippen LogP contribution < -0.4 is 5.32 Å². The fourth-order valence-corrected chi connectivity index (χ4v) is 1.27. The number of nitrogens with one attached hydrogen (secondary N) is 1. The van der Waals surface area contributed by atoms with Crippen LogP contribution in [-0.2, 0) is 0 Å². The Morgan fingerprint density at radius 2 is 2.00 bits per heavy atom. The fourth-order valence-electron chi connectivity index (χ4n) is 1.06. The molecule has 16 heavy (non-hydrogen) atoms. The Labute approximate surface area is 96.7 Å². The topological polar surface area (TPSA) is 58.0 Å². The van der Waals surface area contributed by atoms with E-state index in [0.29, 0.717) is 17.2 Å². The minimum Gasteiger partial charge on any atom is -0.385 e. The molecule has 1 aromatic rings. The van der Waals surface area contributed by atoms with Crippen LogP contribution in [0.4, 0.5) is 14.6 Å². The minimum absolute atomic E-state index is 0.265. The molecule has 0 aliphatic heterocycles. The van der Waals surface area contributed by atoms with Crippen LogP contribution in [0.5, 0.6) is 0 Å². The summed E-state index contributed by atoms with van der Waals surface area (Å²) in [5, 5.41) is 11.8. The van der Waals surface area contributed by atoms with Crippen molar-refractivity contribution < 1.29 is 13.9 Å². The first kappa shape index (κ1) is 13.1. The summed E-state index contributed by atoms with van der Waals surface area (Å²) >= 11 is 5.80. The summed E-state index contributed by atoms with van der Waals surface area (Å²) in [6.07, 6.45) is -4.51. The highest BCUT2D eigenvalue weighted by Gasteiger charge is 2.17. The molecule has 0 aliphatic rings. The summed E-state index contributed by atoms with van der Waals surface area (Å²) in [5.41, 5.74) is 0.564. The monoisotopic (exact) mass is 251 g/mol. The van der Waals surface area contributed by atoms with Crippen LogP contribution >= 0.6 is 11.6 Å². The maximum absolute atomic E-state index is 12.0. The normalized spacial score (nSPS) is 12.9. The molecule has 0 bridgehead atoms. The first-order valence-electron chi connectivity index (χ1n) is 4.62. The zero-order chi connectivity index (χ0) is 12.3. The molecule has 0 spiro atoms. The van der Waals surface area contributed by atoms with E-state index in [0.717, 1.165) is 0 Å². The Hall–Kier alpha value is -1.01. The van der Waals surface area contributed by atoms with Gasteiger partial charge in [-0.05, 0) is 13.8 Å². The van der Waals surface area contributed by atoms with E-state index in [1.807, 2.05) is 0 Å². The van der Waals surface area contributed by atoms with Crippen LogP contribution in [0.25, 0.3) is 0 Å². The third kappa shape index (κ3) is 3.24. The number of aromatic nitrogens is 2. The van der Waals surface area contributed by atoms with Gasteiger partial charge in [0.2, 0.25) is 0 Å². The van der Waals surface area contributed by atoms with Crippen LogP contribution in [0.15, 0.2) is 0 Å². The summed E-state index contributed by atoms with van der Waals surface area (Å²) < 4.78 is 24.1. The maximum atomic E-state index is 12.0. The number of aliphatic hydroxyl groups is 1. The first-order chi connectivity index (χ1) is 7.41. The molecule has 0 saturated heterocycles. The summed E-state index contributed by atoms with van der Waals surface area (Å²) in [4.78, 5) is 7.90. The molecule has 0 amide bonds. The lowest BCUT2D eigenvalue weighted by Crippen LogP contribution is -2.27. The van der Waals surface area contributed by atoms with Crippen molar-refractivity contribution in [3.8, 4) is 0 Å². The third-order valence-corrected chi connectivity index (χ3v) is 2.34. The van der Waals surface area contributed by atoms with Crippen molar-refractivity contribution in [2.24, 2.45) is 0 Å². The van der Waals surface area contributed by atoms with Gasteiger partial charge in [0.1, 0.15) is 22.9 Å². The summed E-state index contributed by atoms with van der Waals surface area (Å²) in [7, 11) is 0. The molecule has 1 heterocycles. The van der Waals surface area contributed by atoms with Gasteiger partial charge in [0.05, 0.1) is 0 Å². The molecule has 0 aliphatic carbocycles. The Balaban J connectivity index is 2.74. The highest BCUT2D eigenvalue weighted by atomic mass is 35.5. The Morgan fingerprint density at radius 1 is 1.38 bits per heavy atom. The van der Waals surface area contributed by atoms with Gasteiger partial charge in [-0.1, -0.05) is 11.6 Å². The molecule has 90 valence electrons. The van der Waals surface area contributed by atoms with Crippen LogP contribution in [0, 0.1) is 13.8 Å². The number of anilines is 1. The van der Waals surface area contributed by atoms with Crippen molar-refractivity contribution >= 4 is 17.4 Å². The second kappa shape index (κ2) is 5.36. The molecule has 0 fully saturated rings. The molecular formula is C9H12ClF2N3O. The van der Waals surface area contributed by atoms with Gasteiger partial charge in [0.15, 0.2) is 0 Å². The number of hydrogen-bond donors (Lipinski definition) is 2. The Bertz CT molecular complexity index is 376. The lowest BCUT2D eigenvalue weighted by atomic mass is 10.3. The van der Waals surface area contributed by atoms with E-state index in [9.17, 15) is 8.78 Å². The molecule has 0 saturated carbocycles. The quantitative estimate of drug-likeness (QED) is 0.801. The summed E-state index contributed by atoms with van der Waals surface area (Å²) in [6, 6.07) is 0. The van der Waals surface area contributed by atoms with Gasteiger partial charge >= 0.3 is 0 Å². The number of rotatable bonds is 4. The van der Waals surface area contributed by atoms with E-state index in [2.05, 4.69) is 15.3 Å². The molecule has 1 rings (SSSR count). The SMILES string of the molecule is Cc1nc(Cl)c(C)c(NCC(O)C(F)F)n1. The highest BCUT2D eigenvalue weighted by molar-refractivity contribution is 6.30. The van der Waals surface area contributed by atoms with E-state index in [1.54, 1.807) is 13.8 Å². The minimum atomic E-state index is -2.79. The van der Waals surface area contributed by atoms with E-state index in [4.69, 9.17) is 16.7 Å². The van der Waals surface area contributed by atoms with Gasteiger partial charge in [-0.2, -0.15) is 0 Å². The molecule has 2 N–H and O–H groups in total. The highest BCUT2D eigenvalue weighted by Crippen LogP contribution is 2.19. The van der Waals surface area contributed by atoms with Crippen molar-refractivity contribution in [2.45, 2.75) is 26.4 Å². The lowest BCUT2D eigenvalue weighted by molar-refractivity contribution is 0.00380. The zero-order valence-corrected chi connectivity index (χ0v) is 9.59. The number of nitrogens with zero attached hydrogens (tertiary/aromatic N) is 2. The molecule has 0 aromatic carbocycles. The average molecular weight is 252 g/mol. The van der Waals surface area contributed by atoms with Gasteiger partial charge < -0.3 is 10.4 Å². The average Bonchev–Trinajstić information content (AvgIpc) is 2.20. The number of hydrogen-bond acceptors (Lipinski definition) is 4. The van der Waals surface area contributed by atoms with Crippen molar-refractivity contribution in [3.05, 3.63) is 16.5 Å². The largest absolute Gasteiger partial charge is 0.385 e. The number of aryl methyl sites for hydroxylation is 1. The van der Waals surface area contributed by atoms with Gasteiger partial charge in [-0.25, -0.2) is 18.7 Å². The molecule has 0 radical (unpaired) electrons. The molecule has 4 nitrogen and oxygen atoms in total. The van der Waals surface area contributed by atoms with Gasteiger partial charge in [0.25, 0.3) is 6.43 Å². The third-order valence-electron chi connectivity index (χ3n) is 1.97. The van der Waals surface area contributed by atoms with Gasteiger partial charge in [-0.15, -0.1) is 0 Å². The second-order valence-electron chi connectivity index (χ2n) is 3.32. The van der Waals surface area contributed by atoms with E-state index in [-0.39, 0.29) is 11.7 Å². The molecular weight excluding hydrogens is 240 g/mol. The van der Waals surface area contributed by atoms with E-state index in [1.165, 1.54) is 0 Å². The van der Waals surface area contributed by atoms with Gasteiger partial charge in [0, 0.05) is 12.1 Å². The maximum Gasteiger partial charge on any atom is 0.265 e. The Morgan fingerprint density at radius 3 is 2.56 bits per heavy atom. The smallest absolute Gasteiger partial charge is 0.265 e. The first-order valence-corrected chi connectivity index (χ1v) is 5.00. The molecule has 7 heteroatoms. The summed E-state index contributed by atoms with van der Waals surface area (Å²) in [6.45, 7) is 3.02. The summed E-state index contributed by atoms with van der Waals surface area (Å²) in [5.74, 6) is 0.793. The van der Waals surface area contributed by atoms with Crippen LogP contribution in [-0.4, -0.2) is 34.1 Å². The fraction of sp³-hybridized carbons (Fsp3) is 0.556. The molecule has 1 atom stereocenters. The number of halogens is 3. The van der Waals surface area contributed by atoms with Crippen LogP contribution in [0.1, 0.15) is 11.4 Å². The lowest BCUT2D eigenvalue weighted by Gasteiger charge is -2.13. The van der Waals surface area contributed by atoms with Crippen molar-refractivity contribution in [2.75, 3.05) is 11.9 Å². The number of alkyl halides is 2. The molecule has 1 aromatic heterocycles. The Kier molecular flexibility index (Phi) is 4.37. The zero-order valence-electron chi connectivity index (χ0n) is 8.84. The van der Waals surface area contributed by atoms with Crippen molar-refractivity contribution in [3.63, 3.8) is 0 Å². The van der Waals surface area contributed by atoms with E-state index < -0.39 is 12.5 Å². The van der Waals surface area contributed by atoms with Gasteiger partial charge in [-0.3, -0.25) is 0 Å². The van der Waals surface area contributed by atoms with Crippen molar-refractivity contribution in [1.82, 2.24) is 9.97 Å². The van der Waals surface area contributed by atoms with E-state index >= 15 is 0 Å². The second-order valence-corrected chi connectivity index (χ2v) is 3.68. The standard InChI is InChI=1S/C9H12ClF2N3O/c1-4-7(10)14-5(2)15-9(4)13-3-6(16)8(11)12/h6,8,16H,3H2,1-2H3,(H,13,14,15). The van der Waals surface area contributed by atoms with Crippen LogP contribution in [0.2, 0.25) is 5.15 Å². The number of aliphatic hydroxyl groups excluding tert-OH is 1. The predicted molar refractivity (Wildman–Crippen MR) is 57.0 cm³/mol. The molecule has 1 unspecified atom stereocenters. The van der Waals surface area contributed by atoms with Crippen molar-refractivity contribution in [1.29, 1.82) is 0 Å². The van der Waals surface area contributed by atoms with Crippen LogP contribution in [0.3, 0.4) is 0 Å². The predicted octanol–water partition coefficient (Wildman–Crippen LogP) is 1.78.